The molecule has 0 saturated carbocycles. The molecule has 0 aromatic rings. The van der Waals surface area contributed by atoms with Crippen molar-refractivity contribution >= 4 is 5.91 Å². The molecule has 0 aliphatic carbocycles. The molecule has 0 aromatic carbocycles. The van der Waals surface area contributed by atoms with Gasteiger partial charge in [0.25, 0.3) is 0 Å². The minimum absolute atomic E-state index is 0.0596. The molecule has 12 heavy (non-hydrogen) atoms. The maximum Gasteiger partial charge on any atom is 0.237 e. The Morgan fingerprint density at radius 2 is 2.00 bits per heavy atom. The summed E-state index contributed by atoms with van der Waals surface area (Å²) >= 11 is 0. The van der Waals surface area contributed by atoms with E-state index in [0.717, 1.165) is 6.42 Å². The highest BCUT2D eigenvalue weighted by molar-refractivity contribution is 5.81. The third-order valence-electron chi connectivity index (χ3n) is 2.17. The molecule has 0 rings (SSSR count). The van der Waals surface area contributed by atoms with Gasteiger partial charge in [-0.25, -0.2) is 0 Å². The molecule has 0 aliphatic heterocycles. The number of nitrogens with one attached hydrogen (secondary N) is 2. The lowest BCUT2D eigenvalue weighted by atomic mass is 10.0. The predicted octanol–water partition coefficient (Wildman–Crippen LogP) is 0.899. The first-order valence-electron chi connectivity index (χ1n) is 4.42. The molecule has 0 bridgehead atoms. The second kappa shape index (κ2) is 4.45. The summed E-state index contributed by atoms with van der Waals surface area (Å²) in [6, 6.07) is -0.115. The van der Waals surface area contributed by atoms with Crippen LogP contribution in [-0.4, -0.2) is 24.5 Å². The van der Waals surface area contributed by atoms with Crippen molar-refractivity contribution in [3.8, 4) is 0 Å². The zero-order chi connectivity index (χ0) is 9.78. The van der Waals surface area contributed by atoms with E-state index in [9.17, 15) is 4.79 Å². The van der Waals surface area contributed by atoms with Gasteiger partial charge in [-0.1, -0.05) is 6.92 Å². The Hall–Kier alpha value is -0.570. The van der Waals surface area contributed by atoms with Crippen molar-refractivity contribution in [2.24, 2.45) is 0 Å². The van der Waals surface area contributed by atoms with E-state index in [1.165, 1.54) is 0 Å². The van der Waals surface area contributed by atoms with Crippen LogP contribution < -0.4 is 10.6 Å². The number of amides is 1. The average Bonchev–Trinajstić information content (AvgIpc) is 2.02. The Labute approximate surface area is 74.9 Å². The Kier molecular flexibility index (Phi) is 4.24. The van der Waals surface area contributed by atoms with E-state index < -0.39 is 0 Å². The lowest BCUT2D eigenvalue weighted by Gasteiger charge is -2.26. The third kappa shape index (κ3) is 3.72. The summed E-state index contributed by atoms with van der Waals surface area (Å²) < 4.78 is 0. The number of hydrogen-bond donors (Lipinski definition) is 2. The Morgan fingerprint density at radius 1 is 1.50 bits per heavy atom. The number of carbonyl (C=O) groups excluding carboxylic acids is 1. The zero-order valence-corrected chi connectivity index (χ0v) is 8.69. The standard InChI is InChI=1S/C9H20N2O/c1-6-9(3,4)11-8(12)7(2)10-5/h7,10H,6H2,1-5H3,(H,11,12)/t7-/m0/s1. The van der Waals surface area contributed by atoms with Gasteiger partial charge in [-0.15, -0.1) is 0 Å². The second-order valence-electron chi connectivity index (χ2n) is 3.74. The van der Waals surface area contributed by atoms with Gasteiger partial charge < -0.3 is 10.6 Å². The molecule has 2 N–H and O–H groups in total. The molecule has 0 radical (unpaired) electrons. The molecule has 0 aromatic heterocycles. The van der Waals surface area contributed by atoms with Crippen LogP contribution >= 0.6 is 0 Å². The lowest BCUT2D eigenvalue weighted by molar-refractivity contribution is -0.124. The lowest BCUT2D eigenvalue weighted by Crippen LogP contribution is -2.49. The molecule has 0 heterocycles. The first kappa shape index (κ1) is 11.4. The fraction of sp³-hybridized carbons (Fsp3) is 0.889. The molecule has 0 aliphatic rings. The number of hydrogen-bond acceptors (Lipinski definition) is 2. The monoisotopic (exact) mass is 172 g/mol. The van der Waals surface area contributed by atoms with Crippen molar-refractivity contribution in [1.82, 2.24) is 10.6 Å². The van der Waals surface area contributed by atoms with E-state index in [4.69, 9.17) is 0 Å². The minimum atomic E-state index is -0.115. The van der Waals surface area contributed by atoms with E-state index in [0.29, 0.717) is 0 Å². The minimum Gasteiger partial charge on any atom is -0.350 e. The number of likely N-dealkylation sites (N-methyl/N-ethyl adjacent to an activating group) is 1. The van der Waals surface area contributed by atoms with Crippen LogP contribution in [0.5, 0.6) is 0 Å². The van der Waals surface area contributed by atoms with Crippen molar-refractivity contribution in [3.63, 3.8) is 0 Å². The van der Waals surface area contributed by atoms with Gasteiger partial charge in [-0.2, -0.15) is 0 Å². The maximum atomic E-state index is 11.4. The molecule has 0 saturated heterocycles. The molecule has 1 amide bonds. The molecular weight excluding hydrogens is 152 g/mol. The van der Waals surface area contributed by atoms with Gasteiger partial charge in [0.1, 0.15) is 0 Å². The fourth-order valence-corrected chi connectivity index (χ4v) is 0.661. The summed E-state index contributed by atoms with van der Waals surface area (Å²) in [6.45, 7) is 7.95. The molecule has 0 fully saturated rings. The van der Waals surface area contributed by atoms with E-state index in [-0.39, 0.29) is 17.5 Å². The van der Waals surface area contributed by atoms with Gasteiger partial charge in [0.05, 0.1) is 6.04 Å². The van der Waals surface area contributed by atoms with Gasteiger partial charge in [0.15, 0.2) is 0 Å². The van der Waals surface area contributed by atoms with Crippen LogP contribution in [0.15, 0.2) is 0 Å². The first-order chi connectivity index (χ1) is 5.43. The molecule has 3 nitrogen and oxygen atoms in total. The normalized spacial score (nSPS) is 14.1. The van der Waals surface area contributed by atoms with Crippen molar-refractivity contribution in [3.05, 3.63) is 0 Å². The van der Waals surface area contributed by atoms with E-state index >= 15 is 0 Å². The molecular formula is C9H20N2O. The van der Waals surface area contributed by atoms with Crippen LogP contribution in [0.3, 0.4) is 0 Å². The van der Waals surface area contributed by atoms with Crippen LogP contribution in [0, 0.1) is 0 Å². The van der Waals surface area contributed by atoms with Crippen molar-refractivity contribution in [2.75, 3.05) is 7.05 Å². The second-order valence-corrected chi connectivity index (χ2v) is 3.74. The molecule has 0 unspecified atom stereocenters. The Morgan fingerprint density at radius 3 is 2.33 bits per heavy atom. The molecule has 3 heteroatoms. The first-order valence-corrected chi connectivity index (χ1v) is 4.42. The third-order valence-corrected chi connectivity index (χ3v) is 2.17. The highest BCUT2D eigenvalue weighted by atomic mass is 16.2. The molecule has 72 valence electrons. The zero-order valence-electron chi connectivity index (χ0n) is 8.69. The number of carbonyl (C=O) groups is 1. The Balaban J connectivity index is 4.00. The van der Waals surface area contributed by atoms with Crippen molar-refractivity contribution < 1.29 is 4.79 Å². The van der Waals surface area contributed by atoms with Gasteiger partial charge in [0.2, 0.25) is 5.91 Å². The van der Waals surface area contributed by atoms with Crippen LogP contribution in [0.25, 0.3) is 0 Å². The van der Waals surface area contributed by atoms with Gasteiger partial charge in [-0.05, 0) is 34.2 Å². The summed E-state index contributed by atoms with van der Waals surface area (Å²) in [5.74, 6) is 0.0596. The average molecular weight is 172 g/mol. The summed E-state index contributed by atoms with van der Waals surface area (Å²) in [5, 5.41) is 5.85. The predicted molar refractivity (Wildman–Crippen MR) is 51.0 cm³/mol. The number of rotatable bonds is 4. The topological polar surface area (TPSA) is 41.1 Å². The summed E-state index contributed by atoms with van der Waals surface area (Å²) in [6.07, 6.45) is 0.940. The highest BCUT2D eigenvalue weighted by Gasteiger charge is 2.20. The van der Waals surface area contributed by atoms with Gasteiger partial charge >= 0.3 is 0 Å². The molecule has 1 atom stereocenters. The largest absolute Gasteiger partial charge is 0.350 e. The smallest absolute Gasteiger partial charge is 0.237 e. The van der Waals surface area contributed by atoms with E-state index in [1.54, 1.807) is 7.05 Å². The SMILES string of the molecule is CCC(C)(C)NC(=O)[C@H](C)NC. The van der Waals surface area contributed by atoms with Gasteiger partial charge in [0, 0.05) is 5.54 Å². The summed E-state index contributed by atoms with van der Waals surface area (Å²) in [5.41, 5.74) is -0.0950. The van der Waals surface area contributed by atoms with Crippen LogP contribution in [0.1, 0.15) is 34.1 Å². The van der Waals surface area contributed by atoms with Crippen molar-refractivity contribution in [2.45, 2.75) is 45.7 Å². The van der Waals surface area contributed by atoms with E-state index in [2.05, 4.69) is 17.6 Å². The van der Waals surface area contributed by atoms with Crippen LogP contribution in [0.2, 0.25) is 0 Å². The quantitative estimate of drug-likeness (QED) is 0.661. The summed E-state index contributed by atoms with van der Waals surface area (Å²) in [4.78, 5) is 11.4. The maximum absolute atomic E-state index is 11.4. The van der Waals surface area contributed by atoms with E-state index in [1.807, 2.05) is 20.8 Å². The molecule has 0 spiro atoms. The van der Waals surface area contributed by atoms with Crippen LogP contribution in [0.4, 0.5) is 0 Å². The fourth-order valence-electron chi connectivity index (χ4n) is 0.661. The summed E-state index contributed by atoms with van der Waals surface area (Å²) in [7, 11) is 1.78. The highest BCUT2D eigenvalue weighted by Crippen LogP contribution is 2.06. The Bertz CT molecular complexity index is 155. The van der Waals surface area contributed by atoms with Crippen molar-refractivity contribution in [1.29, 1.82) is 0 Å². The van der Waals surface area contributed by atoms with Crippen LogP contribution in [-0.2, 0) is 4.79 Å². The van der Waals surface area contributed by atoms with Gasteiger partial charge in [-0.3, -0.25) is 4.79 Å².